The standard InChI is InChI=1S/C18H16N4O3S/c23-7-8-25-14-2-4-17(19-11-14)22-6-5-13(21-22)9-12-1-3-15-16(10-12)26-18(24)20-15/h1-6,10-11,23H,7-9H2,(H,20,24). The van der Waals surface area contributed by atoms with Crippen molar-refractivity contribution in [3.05, 3.63) is 69.7 Å². The number of hydrogen-bond acceptors (Lipinski definition) is 6. The summed E-state index contributed by atoms with van der Waals surface area (Å²) in [5, 5.41) is 13.3. The number of aromatic amines is 1. The van der Waals surface area contributed by atoms with Crippen LogP contribution in [0.2, 0.25) is 0 Å². The van der Waals surface area contributed by atoms with Crippen molar-refractivity contribution in [1.82, 2.24) is 19.7 Å². The molecule has 0 bridgehead atoms. The Morgan fingerprint density at radius 1 is 1.23 bits per heavy atom. The largest absolute Gasteiger partial charge is 0.490 e. The van der Waals surface area contributed by atoms with Crippen LogP contribution in [0, 0.1) is 0 Å². The fourth-order valence-electron chi connectivity index (χ4n) is 2.65. The molecule has 3 heterocycles. The maximum Gasteiger partial charge on any atom is 0.305 e. The molecule has 0 aliphatic heterocycles. The van der Waals surface area contributed by atoms with Crippen molar-refractivity contribution in [3.8, 4) is 11.6 Å². The number of nitrogens with one attached hydrogen (secondary N) is 1. The van der Waals surface area contributed by atoms with E-state index in [0.717, 1.165) is 21.5 Å². The van der Waals surface area contributed by atoms with Crippen LogP contribution in [0.25, 0.3) is 16.0 Å². The number of pyridine rings is 1. The fraction of sp³-hybridized carbons (Fsp3) is 0.167. The maximum absolute atomic E-state index is 11.4. The molecule has 0 saturated carbocycles. The molecule has 0 atom stereocenters. The molecular formula is C18H16N4O3S. The van der Waals surface area contributed by atoms with E-state index < -0.39 is 0 Å². The van der Waals surface area contributed by atoms with E-state index in [0.29, 0.717) is 18.0 Å². The second-order valence-electron chi connectivity index (χ2n) is 5.70. The number of benzene rings is 1. The first-order valence-corrected chi connectivity index (χ1v) is 8.89. The Hall–Kier alpha value is -2.97. The van der Waals surface area contributed by atoms with Crippen LogP contribution in [0.3, 0.4) is 0 Å². The van der Waals surface area contributed by atoms with E-state index >= 15 is 0 Å². The molecule has 0 aliphatic rings. The van der Waals surface area contributed by atoms with Crippen LogP contribution >= 0.6 is 11.3 Å². The third-order valence-corrected chi connectivity index (χ3v) is 4.68. The minimum atomic E-state index is -0.0427. The van der Waals surface area contributed by atoms with Crippen molar-refractivity contribution in [1.29, 1.82) is 0 Å². The molecule has 7 nitrogen and oxygen atoms in total. The lowest BCUT2D eigenvalue weighted by Crippen LogP contribution is -2.03. The first-order valence-electron chi connectivity index (χ1n) is 8.08. The molecule has 3 aromatic heterocycles. The van der Waals surface area contributed by atoms with Crippen LogP contribution in [0.15, 0.2) is 53.6 Å². The average molecular weight is 368 g/mol. The summed E-state index contributed by atoms with van der Waals surface area (Å²) in [6.07, 6.45) is 4.14. The molecule has 0 fully saturated rings. The van der Waals surface area contributed by atoms with Gasteiger partial charge >= 0.3 is 4.87 Å². The molecule has 132 valence electrons. The van der Waals surface area contributed by atoms with Gasteiger partial charge in [0.05, 0.1) is 28.7 Å². The maximum atomic E-state index is 11.4. The minimum Gasteiger partial charge on any atom is -0.490 e. The highest BCUT2D eigenvalue weighted by atomic mass is 32.1. The van der Waals surface area contributed by atoms with Crippen LogP contribution in [0.1, 0.15) is 11.3 Å². The zero-order valence-corrected chi connectivity index (χ0v) is 14.6. The van der Waals surface area contributed by atoms with Gasteiger partial charge in [-0.2, -0.15) is 5.10 Å². The SMILES string of the molecule is O=c1[nH]c2ccc(Cc3ccn(-c4ccc(OCCO)cn4)n3)cc2s1. The molecule has 1 aromatic carbocycles. The lowest BCUT2D eigenvalue weighted by Gasteiger charge is -2.05. The van der Waals surface area contributed by atoms with Gasteiger partial charge in [-0.25, -0.2) is 9.67 Å². The van der Waals surface area contributed by atoms with Gasteiger partial charge < -0.3 is 14.8 Å². The second-order valence-corrected chi connectivity index (χ2v) is 6.71. The summed E-state index contributed by atoms with van der Waals surface area (Å²) in [5.74, 6) is 1.29. The molecule has 26 heavy (non-hydrogen) atoms. The third-order valence-electron chi connectivity index (χ3n) is 3.83. The Kier molecular flexibility index (Phi) is 4.51. The summed E-state index contributed by atoms with van der Waals surface area (Å²) in [5.41, 5.74) is 2.87. The van der Waals surface area contributed by atoms with Gasteiger partial charge in [-0.3, -0.25) is 4.79 Å². The van der Waals surface area contributed by atoms with Crippen molar-refractivity contribution < 1.29 is 9.84 Å². The van der Waals surface area contributed by atoms with Crippen molar-refractivity contribution in [3.63, 3.8) is 0 Å². The van der Waals surface area contributed by atoms with Crippen molar-refractivity contribution in [2.24, 2.45) is 0 Å². The number of H-pyrrole nitrogens is 1. The molecule has 4 aromatic rings. The first-order chi connectivity index (χ1) is 12.7. The molecule has 0 saturated heterocycles. The molecule has 0 amide bonds. The molecule has 4 rings (SSSR count). The van der Waals surface area contributed by atoms with Crippen molar-refractivity contribution in [2.75, 3.05) is 13.2 Å². The van der Waals surface area contributed by atoms with Crippen LogP contribution < -0.4 is 9.61 Å². The smallest absolute Gasteiger partial charge is 0.305 e. The minimum absolute atomic E-state index is 0.0321. The number of thiazole rings is 1. The van der Waals surface area contributed by atoms with Gasteiger partial charge in [-0.15, -0.1) is 0 Å². The van der Waals surface area contributed by atoms with E-state index in [2.05, 4.69) is 15.1 Å². The Balaban J connectivity index is 1.50. The van der Waals surface area contributed by atoms with E-state index in [-0.39, 0.29) is 18.1 Å². The molecule has 0 spiro atoms. The van der Waals surface area contributed by atoms with E-state index in [1.54, 1.807) is 16.9 Å². The van der Waals surface area contributed by atoms with Crippen molar-refractivity contribution in [2.45, 2.75) is 6.42 Å². The molecule has 0 radical (unpaired) electrons. The number of ether oxygens (including phenoxy) is 1. The van der Waals surface area contributed by atoms with Gasteiger partial charge in [0.25, 0.3) is 0 Å². The number of fused-ring (bicyclic) bond motifs is 1. The quantitative estimate of drug-likeness (QED) is 0.544. The summed E-state index contributed by atoms with van der Waals surface area (Å²) in [4.78, 5) is 18.5. The molecular weight excluding hydrogens is 352 g/mol. The van der Waals surface area contributed by atoms with Gasteiger partial charge in [0.15, 0.2) is 5.82 Å². The van der Waals surface area contributed by atoms with Gasteiger partial charge in [0.1, 0.15) is 12.4 Å². The summed E-state index contributed by atoms with van der Waals surface area (Å²) >= 11 is 1.21. The normalized spacial score (nSPS) is 11.1. The molecule has 0 unspecified atom stereocenters. The summed E-state index contributed by atoms with van der Waals surface area (Å²) in [6, 6.07) is 11.5. The topological polar surface area (TPSA) is 93.0 Å². The van der Waals surface area contributed by atoms with Gasteiger partial charge in [-0.1, -0.05) is 17.4 Å². The number of aliphatic hydroxyl groups is 1. The molecule has 8 heteroatoms. The zero-order valence-electron chi connectivity index (χ0n) is 13.8. The van der Waals surface area contributed by atoms with Gasteiger partial charge in [0, 0.05) is 12.6 Å². The van der Waals surface area contributed by atoms with E-state index in [9.17, 15) is 4.79 Å². The van der Waals surface area contributed by atoms with Crippen molar-refractivity contribution >= 4 is 21.6 Å². The lowest BCUT2D eigenvalue weighted by atomic mass is 10.1. The van der Waals surface area contributed by atoms with Gasteiger partial charge in [0.2, 0.25) is 0 Å². The van der Waals surface area contributed by atoms with Crippen LogP contribution in [-0.2, 0) is 6.42 Å². The predicted octanol–water partition coefficient (Wildman–Crippen LogP) is 2.13. The zero-order chi connectivity index (χ0) is 17.9. The van der Waals surface area contributed by atoms with Crippen LogP contribution in [0.5, 0.6) is 5.75 Å². The lowest BCUT2D eigenvalue weighted by molar-refractivity contribution is 0.201. The number of nitrogens with zero attached hydrogens (tertiary/aromatic N) is 3. The van der Waals surface area contributed by atoms with E-state index in [1.807, 2.05) is 36.5 Å². The Bertz CT molecular complexity index is 1080. The number of aliphatic hydroxyl groups excluding tert-OH is 1. The highest BCUT2D eigenvalue weighted by Gasteiger charge is 2.06. The van der Waals surface area contributed by atoms with E-state index in [1.165, 1.54) is 11.3 Å². The number of aromatic nitrogens is 4. The first kappa shape index (κ1) is 16.5. The number of rotatable bonds is 6. The highest BCUT2D eigenvalue weighted by Crippen LogP contribution is 2.19. The summed E-state index contributed by atoms with van der Waals surface area (Å²) in [7, 11) is 0. The molecule has 0 aliphatic carbocycles. The van der Waals surface area contributed by atoms with E-state index in [4.69, 9.17) is 9.84 Å². The average Bonchev–Trinajstić information content (AvgIpc) is 3.26. The second kappa shape index (κ2) is 7.11. The monoisotopic (exact) mass is 368 g/mol. The molecule has 2 N–H and O–H groups in total. The third kappa shape index (κ3) is 3.51. The van der Waals surface area contributed by atoms with Gasteiger partial charge in [-0.05, 0) is 35.9 Å². The predicted molar refractivity (Wildman–Crippen MR) is 99.2 cm³/mol. The number of hydrogen-bond donors (Lipinski definition) is 2. The Morgan fingerprint density at radius 2 is 2.15 bits per heavy atom. The Labute approximate surface area is 152 Å². The van der Waals surface area contributed by atoms with Crippen LogP contribution in [-0.4, -0.2) is 38.1 Å². The summed E-state index contributed by atoms with van der Waals surface area (Å²) in [6.45, 7) is 0.211. The van der Waals surface area contributed by atoms with Crippen LogP contribution in [0.4, 0.5) is 0 Å². The Morgan fingerprint density at radius 3 is 2.96 bits per heavy atom. The highest BCUT2D eigenvalue weighted by molar-refractivity contribution is 7.16. The summed E-state index contributed by atoms with van der Waals surface area (Å²) < 4.78 is 7.96. The fourth-order valence-corrected chi connectivity index (χ4v) is 3.45.